The predicted molar refractivity (Wildman–Crippen MR) is 87.1 cm³/mol. The zero-order valence-corrected chi connectivity index (χ0v) is 12.7. The van der Waals surface area contributed by atoms with E-state index in [1.807, 2.05) is 35.2 Å². The van der Waals surface area contributed by atoms with Crippen molar-refractivity contribution in [1.29, 1.82) is 0 Å². The van der Waals surface area contributed by atoms with Crippen LogP contribution < -0.4 is 4.90 Å². The standard InChI is InChI=1S/C16H15N3O5/c20-18(21)13-6-7-14(15(10-13)19(22)23)17-8-9-24-16(11-17)12-4-2-1-3-5-12/h1-7,10,16H,8-9,11H2/t16-/m0/s1. The average Bonchev–Trinajstić information content (AvgIpc) is 2.62. The Morgan fingerprint density at radius 2 is 1.79 bits per heavy atom. The molecule has 124 valence electrons. The normalized spacial score (nSPS) is 17.5. The molecule has 1 fully saturated rings. The highest BCUT2D eigenvalue weighted by Crippen LogP contribution is 2.34. The van der Waals surface area contributed by atoms with Gasteiger partial charge in [-0.2, -0.15) is 0 Å². The van der Waals surface area contributed by atoms with Crippen LogP contribution in [0, 0.1) is 20.2 Å². The highest BCUT2D eigenvalue weighted by Gasteiger charge is 2.28. The first kappa shape index (κ1) is 15.9. The summed E-state index contributed by atoms with van der Waals surface area (Å²) in [5.74, 6) is 0. The van der Waals surface area contributed by atoms with Gasteiger partial charge in [0.25, 0.3) is 11.4 Å². The molecular weight excluding hydrogens is 314 g/mol. The van der Waals surface area contributed by atoms with Crippen LogP contribution >= 0.6 is 0 Å². The number of morpholine rings is 1. The van der Waals surface area contributed by atoms with E-state index in [4.69, 9.17) is 4.74 Å². The second kappa shape index (κ2) is 6.63. The maximum Gasteiger partial charge on any atom is 0.299 e. The largest absolute Gasteiger partial charge is 0.370 e. The topological polar surface area (TPSA) is 98.8 Å². The van der Waals surface area contributed by atoms with Crippen molar-refractivity contribution < 1.29 is 14.6 Å². The summed E-state index contributed by atoms with van der Waals surface area (Å²) in [6.07, 6.45) is -0.199. The molecule has 0 unspecified atom stereocenters. The van der Waals surface area contributed by atoms with Crippen LogP contribution in [0.5, 0.6) is 0 Å². The summed E-state index contributed by atoms with van der Waals surface area (Å²) in [5.41, 5.74) is 0.804. The molecule has 2 aromatic rings. The van der Waals surface area contributed by atoms with E-state index in [1.54, 1.807) is 0 Å². The maximum atomic E-state index is 11.3. The minimum absolute atomic E-state index is 0.199. The molecule has 0 amide bonds. The third-order valence-electron chi connectivity index (χ3n) is 3.95. The minimum atomic E-state index is -0.636. The lowest BCUT2D eigenvalue weighted by molar-refractivity contribution is -0.393. The molecule has 0 N–H and O–H groups in total. The Bertz CT molecular complexity index is 766. The van der Waals surface area contributed by atoms with Crippen molar-refractivity contribution in [1.82, 2.24) is 0 Å². The van der Waals surface area contributed by atoms with Crippen LogP contribution in [0.25, 0.3) is 0 Å². The van der Waals surface area contributed by atoms with E-state index in [2.05, 4.69) is 0 Å². The van der Waals surface area contributed by atoms with Crippen LogP contribution in [0.4, 0.5) is 17.1 Å². The summed E-state index contributed by atoms with van der Waals surface area (Å²) in [6.45, 7) is 1.36. The summed E-state index contributed by atoms with van der Waals surface area (Å²) in [7, 11) is 0. The van der Waals surface area contributed by atoms with E-state index in [0.717, 1.165) is 11.6 Å². The van der Waals surface area contributed by atoms with Crippen LogP contribution in [0.2, 0.25) is 0 Å². The van der Waals surface area contributed by atoms with Gasteiger partial charge >= 0.3 is 0 Å². The van der Waals surface area contributed by atoms with Gasteiger partial charge in [0.1, 0.15) is 11.8 Å². The van der Waals surface area contributed by atoms with Crippen molar-refractivity contribution in [3.05, 3.63) is 74.3 Å². The Morgan fingerprint density at radius 1 is 1.04 bits per heavy atom. The van der Waals surface area contributed by atoms with E-state index in [9.17, 15) is 20.2 Å². The second-order valence-electron chi connectivity index (χ2n) is 5.40. The SMILES string of the molecule is O=[N+]([O-])c1ccc(N2CCO[C@H](c3ccccc3)C2)c([N+](=O)[O-])c1. The Labute approximate surface area is 137 Å². The Balaban J connectivity index is 1.90. The number of nitro groups is 2. The molecule has 0 saturated carbocycles. The fraction of sp³-hybridized carbons (Fsp3) is 0.250. The summed E-state index contributed by atoms with van der Waals surface area (Å²) in [6, 6.07) is 13.3. The van der Waals surface area contributed by atoms with Crippen LogP contribution in [0.3, 0.4) is 0 Å². The van der Waals surface area contributed by atoms with Gasteiger partial charge in [-0.1, -0.05) is 30.3 Å². The predicted octanol–water partition coefficient (Wildman–Crippen LogP) is 3.08. The number of hydrogen-bond donors (Lipinski definition) is 0. The van der Waals surface area contributed by atoms with E-state index < -0.39 is 9.85 Å². The summed E-state index contributed by atoms with van der Waals surface area (Å²) < 4.78 is 5.76. The fourth-order valence-electron chi connectivity index (χ4n) is 2.78. The number of benzene rings is 2. The molecule has 1 atom stereocenters. The molecule has 0 spiro atoms. The molecule has 24 heavy (non-hydrogen) atoms. The number of anilines is 1. The van der Waals surface area contributed by atoms with Crippen molar-refractivity contribution in [2.24, 2.45) is 0 Å². The van der Waals surface area contributed by atoms with E-state index >= 15 is 0 Å². The van der Waals surface area contributed by atoms with Crippen molar-refractivity contribution in [3.63, 3.8) is 0 Å². The second-order valence-corrected chi connectivity index (χ2v) is 5.40. The first-order valence-electron chi connectivity index (χ1n) is 7.40. The number of non-ortho nitro benzene ring substituents is 1. The highest BCUT2D eigenvalue weighted by molar-refractivity contribution is 5.67. The average molecular weight is 329 g/mol. The molecule has 2 aromatic carbocycles. The lowest BCUT2D eigenvalue weighted by Gasteiger charge is -2.34. The molecule has 0 bridgehead atoms. The monoisotopic (exact) mass is 329 g/mol. The first-order chi connectivity index (χ1) is 11.6. The van der Waals surface area contributed by atoms with Gasteiger partial charge in [-0.15, -0.1) is 0 Å². The third-order valence-corrected chi connectivity index (χ3v) is 3.95. The van der Waals surface area contributed by atoms with E-state index in [-0.39, 0.29) is 17.5 Å². The van der Waals surface area contributed by atoms with Crippen molar-refractivity contribution in [2.75, 3.05) is 24.6 Å². The number of nitro benzene ring substituents is 2. The highest BCUT2D eigenvalue weighted by atomic mass is 16.6. The molecule has 8 heteroatoms. The molecule has 1 heterocycles. The van der Waals surface area contributed by atoms with Gasteiger partial charge in [0, 0.05) is 19.2 Å². The Kier molecular flexibility index (Phi) is 4.39. The van der Waals surface area contributed by atoms with Crippen LogP contribution in [0.1, 0.15) is 11.7 Å². The molecule has 0 aromatic heterocycles. The van der Waals surface area contributed by atoms with Crippen LogP contribution in [0.15, 0.2) is 48.5 Å². The molecule has 1 aliphatic heterocycles. The number of hydrogen-bond acceptors (Lipinski definition) is 6. The van der Waals surface area contributed by atoms with Crippen LogP contribution in [-0.2, 0) is 4.74 Å². The zero-order chi connectivity index (χ0) is 17.1. The molecule has 3 rings (SSSR count). The van der Waals surface area contributed by atoms with E-state index in [1.165, 1.54) is 12.1 Å². The van der Waals surface area contributed by atoms with Gasteiger partial charge in [0.2, 0.25) is 0 Å². The number of nitrogens with zero attached hydrogens (tertiary/aromatic N) is 3. The lowest BCUT2D eigenvalue weighted by Crippen LogP contribution is -2.38. The number of rotatable bonds is 4. The van der Waals surface area contributed by atoms with Gasteiger partial charge in [0.05, 0.1) is 22.5 Å². The van der Waals surface area contributed by atoms with Crippen molar-refractivity contribution in [2.45, 2.75) is 6.10 Å². The summed E-state index contributed by atoms with van der Waals surface area (Å²) in [5, 5.41) is 22.2. The molecule has 1 saturated heterocycles. The molecule has 0 radical (unpaired) electrons. The van der Waals surface area contributed by atoms with Gasteiger partial charge in [0.15, 0.2) is 0 Å². The van der Waals surface area contributed by atoms with Crippen molar-refractivity contribution >= 4 is 17.1 Å². The zero-order valence-electron chi connectivity index (χ0n) is 12.7. The number of ether oxygens (including phenoxy) is 1. The fourth-order valence-corrected chi connectivity index (χ4v) is 2.78. The van der Waals surface area contributed by atoms with Crippen LogP contribution in [-0.4, -0.2) is 29.5 Å². The first-order valence-corrected chi connectivity index (χ1v) is 7.40. The third kappa shape index (κ3) is 3.18. The molecule has 0 aliphatic carbocycles. The van der Waals surface area contributed by atoms with Gasteiger partial charge in [-0.25, -0.2) is 0 Å². The minimum Gasteiger partial charge on any atom is -0.370 e. The van der Waals surface area contributed by atoms with E-state index in [0.29, 0.717) is 25.4 Å². The van der Waals surface area contributed by atoms with Gasteiger partial charge < -0.3 is 9.64 Å². The van der Waals surface area contributed by atoms with Gasteiger partial charge in [-0.05, 0) is 11.6 Å². The Hall–Kier alpha value is -3.00. The molecule has 8 nitrogen and oxygen atoms in total. The summed E-state index contributed by atoms with van der Waals surface area (Å²) in [4.78, 5) is 22.8. The summed E-state index contributed by atoms with van der Waals surface area (Å²) >= 11 is 0. The lowest BCUT2D eigenvalue weighted by atomic mass is 10.1. The Morgan fingerprint density at radius 3 is 2.46 bits per heavy atom. The quantitative estimate of drug-likeness (QED) is 0.631. The van der Waals surface area contributed by atoms with Gasteiger partial charge in [-0.3, -0.25) is 20.2 Å². The smallest absolute Gasteiger partial charge is 0.299 e. The van der Waals surface area contributed by atoms with Crippen molar-refractivity contribution in [3.8, 4) is 0 Å². The molecule has 1 aliphatic rings. The maximum absolute atomic E-state index is 11.3. The molecular formula is C16H15N3O5.